The lowest BCUT2D eigenvalue weighted by Crippen LogP contribution is -2.39. The molecule has 0 saturated heterocycles. The summed E-state index contributed by atoms with van der Waals surface area (Å²) in [6.07, 6.45) is 12.5. The predicted octanol–water partition coefficient (Wildman–Crippen LogP) is 5.61. The molecule has 6 nitrogen and oxygen atoms in total. The van der Waals surface area contributed by atoms with Gasteiger partial charge in [-0.2, -0.15) is 0 Å². The van der Waals surface area contributed by atoms with Crippen LogP contribution in [0.2, 0.25) is 0 Å². The molecule has 198 valence electrons. The normalized spacial score (nSPS) is 30.8. The summed E-state index contributed by atoms with van der Waals surface area (Å²) in [5.74, 6) is 1.51. The molecule has 0 radical (unpaired) electrons. The SMILES string of the molecule is CC1CCC(NC(=O)c2cc(C(=O)NC3CCC(C)CC3)cc(C(=O)NC3CCC(C)CC3)c2)CC1. The fourth-order valence-electron chi connectivity index (χ4n) is 6.04. The van der Waals surface area contributed by atoms with E-state index in [9.17, 15) is 14.4 Å². The third kappa shape index (κ3) is 7.33. The third-order valence-electron chi connectivity index (χ3n) is 8.77. The fraction of sp³-hybridized carbons (Fsp3) is 0.700. The van der Waals surface area contributed by atoms with Crippen LogP contribution in [0.15, 0.2) is 18.2 Å². The van der Waals surface area contributed by atoms with Crippen LogP contribution in [-0.2, 0) is 0 Å². The van der Waals surface area contributed by atoms with Crippen LogP contribution in [-0.4, -0.2) is 35.8 Å². The molecule has 36 heavy (non-hydrogen) atoms. The molecule has 0 unspecified atom stereocenters. The molecule has 0 aromatic heterocycles. The molecule has 6 heteroatoms. The zero-order valence-electron chi connectivity index (χ0n) is 22.4. The van der Waals surface area contributed by atoms with Crippen molar-refractivity contribution in [1.29, 1.82) is 0 Å². The number of carbonyl (C=O) groups is 3. The number of rotatable bonds is 6. The fourth-order valence-corrected chi connectivity index (χ4v) is 6.04. The van der Waals surface area contributed by atoms with Crippen LogP contribution >= 0.6 is 0 Å². The van der Waals surface area contributed by atoms with Gasteiger partial charge in [0, 0.05) is 34.8 Å². The number of hydrogen-bond acceptors (Lipinski definition) is 3. The van der Waals surface area contributed by atoms with E-state index in [1.807, 2.05) is 0 Å². The van der Waals surface area contributed by atoms with Crippen LogP contribution in [0.4, 0.5) is 0 Å². The van der Waals surface area contributed by atoms with Gasteiger partial charge in [-0.25, -0.2) is 0 Å². The maximum Gasteiger partial charge on any atom is 0.251 e. The molecule has 1 aromatic carbocycles. The summed E-state index contributed by atoms with van der Waals surface area (Å²) in [5.41, 5.74) is 1.17. The van der Waals surface area contributed by atoms with Crippen molar-refractivity contribution in [2.24, 2.45) is 17.8 Å². The zero-order chi connectivity index (χ0) is 25.7. The van der Waals surface area contributed by atoms with Crippen molar-refractivity contribution in [3.8, 4) is 0 Å². The van der Waals surface area contributed by atoms with Crippen molar-refractivity contribution in [3.05, 3.63) is 34.9 Å². The summed E-state index contributed by atoms with van der Waals surface area (Å²) in [6.45, 7) is 6.76. The second-order valence-electron chi connectivity index (χ2n) is 12.1. The van der Waals surface area contributed by atoms with Crippen LogP contribution < -0.4 is 16.0 Å². The summed E-state index contributed by atoms with van der Waals surface area (Å²) in [4.78, 5) is 39.7. The van der Waals surface area contributed by atoms with E-state index < -0.39 is 0 Å². The molecular formula is C30H45N3O3. The van der Waals surface area contributed by atoms with Gasteiger partial charge in [0.2, 0.25) is 0 Å². The van der Waals surface area contributed by atoms with Crippen molar-refractivity contribution in [2.45, 2.75) is 116 Å². The Morgan fingerprint density at radius 1 is 0.472 bits per heavy atom. The van der Waals surface area contributed by atoms with E-state index in [2.05, 4.69) is 36.7 Å². The van der Waals surface area contributed by atoms with Gasteiger partial charge in [0.1, 0.15) is 0 Å². The first kappa shape index (κ1) is 26.7. The minimum Gasteiger partial charge on any atom is -0.349 e. The predicted molar refractivity (Wildman–Crippen MR) is 143 cm³/mol. The van der Waals surface area contributed by atoms with Crippen molar-refractivity contribution in [3.63, 3.8) is 0 Å². The van der Waals surface area contributed by atoms with Crippen LogP contribution in [0.3, 0.4) is 0 Å². The van der Waals surface area contributed by atoms with Crippen molar-refractivity contribution < 1.29 is 14.4 Å². The van der Waals surface area contributed by atoms with E-state index in [-0.39, 0.29) is 35.8 Å². The van der Waals surface area contributed by atoms with Crippen molar-refractivity contribution >= 4 is 17.7 Å². The van der Waals surface area contributed by atoms with Crippen molar-refractivity contribution in [1.82, 2.24) is 16.0 Å². The van der Waals surface area contributed by atoms with Gasteiger partial charge in [-0.3, -0.25) is 14.4 Å². The highest BCUT2D eigenvalue weighted by Gasteiger charge is 2.25. The summed E-state index contributed by atoms with van der Waals surface area (Å²) in [7, 11) is 0. The molecular weight excluding hydrogens is 450 g/mol. The van der Waals surface area contributed by atoms with Gasteiger partial charge in [0.25, 0.3) is 17.7 Å². The zero-order valence-corrected chi connectivity index (χ0v) is 22.4. The number of hydrogen-bond donors (Lipinski definition) is 3. The van der Waals surface area contributed by atoms with Crippen molar-refractivity contribution in [2.75, 3.05) is 0 Å². The van der Waals surface area contributed by atoms with E-state index >= 15 is 0 Å². The maximum atomic E-state index is 13.2. The highest BCUT2D eigenvalue weighted by Crippen LogP contribution is 2.26. The summed E-state index contributed by atoms with van der Waals surface area (Å²) >= 11 is 0. The number of carbonyl (C=O) groups excluding carboxylic acids is 3. The van der Waals surface area contributed by atoms with Gasteiger partial charge >= 0.3 is 0 Å². The third-order valence-corrected chi connectivity index (χ3v) is 8.77. The molecule has 3 saturated carbocycles. The Hall–Kier alpha value is -2.37. The summed E-state index contributed by atoms with van der Waals surface area (Å²) in [5, 5.41) is 9.47. The lowest BCUT2D eigenvalue weighted by atomic mass is 9.87. The minimum absolute atomic E-state index is 0.150. The molecule has 3 amide bonds. The van der Waals surface area contributed by atoms with E-state index in [4.69, 9.17) is 0 Å². The molecule has 0 aliphatic heterocycles. The first-order valence-corrected chi connectivity index (χ1v) is 14.3. The molecule has 0 heterocycles. The molecule has 1 aromatic rings. The molecule has 0 atom stereocenters. The second-order valence-corrected chi connectivity index (χ2v) is 12.1. The topological polar surface area (TPSA) is 87.3 Å². The van der Waals surface area contributed by atoms with E-state index in [0.717, 1.165) is 77.0 Å². The standard InChI is InChI=1S/C30H45N3O3/c1-19-4-10-25(11-5-19)31-28(34)22-16-23(29(35)32-26-12-6-20(2)7-13-26)18-24(17-22)30(36)33-27-14-8-21(3)9-15-27/h16-21,25-27H,4-15H2,1-3H3,(H,31,34)(H,32,35)(H,33,36). The van der Waals surface area contributed by atoms with E-state index in [1.165, 1.54) is 0 Å². The molecule has 4 rings (SSSR count). The van der Waals surface area contributed by atoms with E-state index in [0.29, 0.717) is 34.4 Å². The molecule has 3 fully saturated rings. The molecule has 3 aliphatic carbocycles. The second kappa shape index (κ2) is 12.2. The Morgan fingerprint density at radius 3 is 0.917 bits per heavy atom. The first-order valence-electron chi connectivity index (χ1n) is 14.3. The van der Waals surface area contributed by atoms with Crippen LogP contribution in [0.1, 0.15) is 129 Å². The molecule has 0 bridgehead atoms. The van der Waals surface area contributed by atoms with Gasteiger partial charge in [-0.1, -0.05) is 20.8 Å². The smallest absolute Gasteiger partial charge is 0.251 e. The van der Waals surface area contributed by atoms with Crippen LogP contribution in [0, 0.1) is 17.8 Å². The lowest BCUT2D eigenvalue weighted by Gasteiger charge is -2.28. The average molecular weight is 496 g/mol. The van der Waals surface area contributed by atoms with Crippen LogP contribution in [0.25, 0.3) is 0 Å². The monoisotopic (exact) mass is 495 g/mol. The van der Waals surface area contributed by atoms with Crippen LogP contribution in [0.5, 0.6) is 0 Å². The molecule has 3 aliphatic rings. The highest BCUT2D eigenvalue weighted by molar-refractivity contribution is 6.04. The Balaban J connectivity index is 1.50. The van der Waals surface area contributed by atoms with Gasteiger partial charge in [0.15, 0.2) is 0 Å². The minimum atomic E-state index is -0.198. The number of amides is 3. The summed E-state index contributed by atoms with van der Waals surface area (Å²) < 4.78 is 0. The summed E-state index contributed by atoms with van der Waals surface area (Å²) in [6, 6.07) is 5.41. The largest absolute Gasteiger partial charge is 0.349 e. The highest BCUT2D eigenvalue weighted by atomic mass is 16.2. The Labute approximate surface area is 216 Å². The molecule has 0 spiro atoms. The van der Waals surface area contributed by atoms with Gasteiger partial charge in [-0.05, 0) is 113 Å². The Morgan fingerprint density at radius 2 is 0.694 bits per heavy atom. The Kier molecular flexibility index (Phi) is 9.08. The first-order chi connectivity index (χ1) is 17.3. The number of benzene rings is 1. The van der Waals surface area contributed by atoms with Gasteiger partial charge in [-0.15, -0.1) is 0 Å². The van der Waals surface area contributed by atoms with Gasteiger partial charge in [0.05, 0.1) is 0 Å². The average Bonchev–Trinajstić information content (AvgIpc) is 2.87. The lowest BCUT2D eigenvalue weighted by molar-refractivity contribution is 0.0922. The molecule has 3 N–H and O–H groups in total. The quantitative estimate of drug-likeness (QED) is 0.479. The maximum absolute atomic E-state index is 13.2. The van der Waals surface area contributed by atoms with E-state index in [1.54, 1.807) is 18.2 Å². The van der Waals surface area contributed by atoms with Gasteiger partial charge < -0.3 is 16.0 Å². The Bertz CT molecular complexity index is 790. The number of nitrogens with one attached hydrogen (secondary N) is 3.